The fourth-order valence-corrected chi connectivity index (χ4v) is 4.01. The number of hydrogen-bond donors (Lipinski definition) is 1. The van der Waals surface area contributed by atoms with Crippen molar-refractivity contribution in [3.05, 3.63) is 23.8 Å². The molecule has 1 aromatic carbocycles. The number of benzene rings is 1. The van der Waals surface area contributed by atoms with Crippen LogP contribution < -0.4 is 5.32 Å². The zero-order chi connectivity index (χ0) is 16.6. The number of likely N-dealkylation sites (tertiary alicyclic amines) is 1. The minimum atomic E-state index is -0.457. The molecule has 6 heteroatoms. The van der Waals surface area contributed by atoms with Crippen LogP contribution in [0.2, 0.25) is 0 Å². The second kappa shape index (κ2) is 6.07. The minimum absolute atomic E-state index is 0.0547. The van der Waals surface area contributed by atoms with Gasteiger partial charge < -0.3 is 15.0 Å². The summed E-state index contributed by atoms with van der Waals surface area (Å²) in [6, 6.07) is 6.07. The molecule has 0 aliphatic carbocycles. The summed E-state index contributed by atoms with van der Waals surface area (Å²) in [7, 11) is 0. The quantitative estimate of drug-likeness (QED) is 0.902. The number of hydrogen-bond acceptors (Lipinski definition) is 4. The summed E-state index contributed by atoms with van der Waals surface area (Å²) in [5.74, 6) is 0.0547. The predicted octanol–water partition coefficient (Wildman–Crippen LogP) is 3.28. The van der Waals surface area contributed by atoms with Gasteiger partial charge in [0.1, 0.15) is 5.60 Å². The summed E-state index contributed by atoms with van der Waals surface area (Å²) in [6.45, 7) is 7.08. The highest BCUT2D eigenvalue weighted by Gasteiger charge is 2.30. The van der Waals surface area contributed by atoms with Gasteiger partial charge in [-0.15, -0.1) is 11.8 Å². The zero-order valence-electron chi connectivity index (χ0n) is 13.7. The molecular formula is C17H22N2O3S. The molecule has 1 atom stereocenters. The third kappa shape index (κ3) is 3.99. The first-order valence-electron chi connectivity index (χ1n) is 7.87. The summed E-state index contributed by atoms with van der Waals surface area (Å²) >= 11 is 1.77. The molecule has 0 spiro atoms. The average molecular weight is 334 g/mol. The first-order valence-corrected chi connectivity index (χ1v) is 8.75. The van der Waals surface area contributed by atoms with Crippen LogP contribution >= 0.6 is 11.8 Å². The van der Waals surface area contributed by atoms with Crippen LogP contribution in [0.4, 0.5) is 10.5 Å². The van der Waals surface area contributed by atoms with Crippen molar-refractivity contribution < 1.29 is 14.3 Å². The third-order valence-corrected chi connectivity index (χ3v) is 5.05. The Labute approximate surface area is 140 Å². The molecule has 3 rings (SSSR count). The summed E-state index contributed by atoms with van der Waals surface area (Å²) in [5.41, 5.74) is 1.52. The SMILES string of the molecule is CC(C)(C)OC(=O)N1CC[C@H](Sc2ccc3c(c2)CC(=O)N3)C1. The van der Waals surface area contributed by atoms with Gasteiger partial charge in [0.25, 0.3) is 0 Å². The van der Waals surface area contributed by atoms with Crippen molar-refractivity contribution in [2.24, 2.45) is 0 Å². The van der Waals surface area contributed by atoms with Crippen molar-refractivity contribution in [2.75, 3.05) is 18.4 Å². The monoisotopic (exact) mass is 334 g/mol. The van der Waals surface area contributed by atoms with Crippen LogP contribution in [0.25, 0.3) is 0 Å². The van der Waals surface area contributed by atoms with Crippen LogP contribution in [0, 0.1) is 0 Å². The smallest absolute Gasteiger partial charge is 0.410 e. The Morgan fingerprint density at radius 2 is 2.17 bits per heavy atom. The number of carbonyl (C=O) groups is 2. The Morgan fingerprint density at radius 3 is 2.91 bits per heavy atom. The highest BCUT2D eigenvalue weighted by Crippen LogP contribution is 2.34. The van der Waals surface area contributed by atoms with Crippen LogP contribution in [-0.2, 0) is 16.0 Å². The van der Waals surface area contributed by atoms with E-state index in [1.807, 2.05) is 32.9 Å². The second-order valence-corrected chi connectivity index (χ2v) is 8.37. The zero-order valence-corrected chi connectivity index (χ0v) is 14.5. The second-order valence-electron chi connectivity index (χ2n) is 7.00. The Hall–Kier alpha value is -1.69. The summed E-state index contributed by atoms with van der Waals surface area (Å²) in [4.78, 5) is 26.4. The van der Waals surface area contributed by atoms with Crippen molar-refractivity contribution >= 4 is 29.4 Å². The number of rotatable bonds is 2. The Balaban J connectivity index is 1.57. The first kappa shape index (κ1) is 16.2. The van der Waals surface area contributed by atoms with E-state index >= 15 is 0 Å². The van der Waals surface area contributed by atoms with Gasteiger partial charge >= 0.3 is 6.09 Å². The molecule has 2 amide bonds. The number of nitrogens with zero attached hydrogens (tertiary/aromatic N) is 1. The lowest BCUT2D eigenvalue weighted by molar-refractivity contribution is -0.115. The van der Waals surface area contributed by atoms with Gasteiger partial charge in [-0.1, -0.05) is 0 Å². The fourth-order valence-electron chi connectivity index (χ4n) is 2.79. The Bertz CT molecular complexity index is 639. The van der Waals surface area contributed by atoms with Crippen molar-refractivity contribution in [1.29, 1.82) is 0 Å². The van der Waals surface area contributed by atoms with E-state index in [0.717, 1.165) is 29.1 Å². The molecule has 0 saturated carbocycles. The Morgan fingerprint density at radius 1 is 1.39 bits per heavy atom. The van der Waals surface area contributed by atoms with Crippen molar-refractivity contribution in [1.82, 2.24) is 4.90 Å². The molecule has 23 heavy (non-hydrogen) atoms. The van der Waals surface area contributed by atoms with Gasteiger partial charge in [-0.05, 0) is 51.0 Å². The lowest BCUT2D eigenvalue weighted by atomic mass is 10.2. The fraction of sp³-hybridized carbons (Fsp3) is 0.529. The molecule has 0 bridgehead atoms. The predicted molar refractivity (Wildman–Crippen MR) is 90.8 cm³/mol. The van der Waals surface area contributed by atoms with Gasteiger partial charge in [-0.3, -0.25) is 4.79 Å². The molecule has 1 fully saturated rings. The highest BCUT2D eigenvalue weighted by molar-refractivity contribution is 8.00. The van der Waals surface area contributed by atoms with E-state index in [-0.39, 0.29) is 12.0 Å². The van der Waals surface area contributed by atoms with Gasteiger partial charge in [-0.2, -0.15) is 0 Å². The van der Waals surface area contributed by atoms with Crippen molar-refractivity contribution in [3.8, 4) is 0 Å². The van der Waals surface area contributed by atoms with Crippen molar-refractivity contribution in [3.63, 3.8) is 0 Å². The van der Waals surface area contributed by atoms with E-state index in [1.54, 1.807) is 16.7 Å². The number of amides is 2. The standard InChI is InChI=1S/C17H22N2O3S/c1-17(2,3)22-16(21)19-7-6-13(10-19)23-12-4-5-14-11(8-12)9-15(20)18-14/h4-5,8,13H,6-7,9-10H2,1-3H3,(H,18,20)/t13-/m0/s1. The lowest BCUT2D eigenvalue weighted by Crippen LogP contribution is -2.35. The molecule has 2 aliphatic rings. The molecule has 0 radical (unpaired) electrons. The lowest BCUT2D eigenvalue weighted by Gasteiger charge is -2.24. The normalized spacial score (nSPS) is 20.4. The van der Waals surface area contributed by atoms with E-state index in [4.69, 9.17) is 4.74 Å². The van der Waals surface area contributed by atoms with E-state index < -0.39 is 5.60 Å². The van der Waals surface area contributed by atoms with Crippen LogP contribution in [0.5, 0.6) is 0 Å². The van der Waals surface area contributed by atoms with Crippen LogP contribution in [0.1, 0.15) is 32.8 Å². The van der Waals surface area contributed by atoms with Crippen LogP contribution in [0.3, 0.4) is 0 Å². The number of nitrogens with one attached hydrogen (secondary N) is 1. The summed E-state index contributed by atoms with van der Waals surface area (Å²) in [5, 5.41) is 3.21. The number of thioether (sulfide) groups is 1. The number of anilines is 1. The topological polar surface area (TPSA) is 58.6 Å². The molecular weight excluding hydrogens is 312 g/mol. The van der Waals surface area contributed by atoms with E-state index in [0.29, 0.717) is 18.2 Å². The maximum absolute atomic E-state index is 12.1. The van der Waals surface area contributed by atoms with Gasteiger partial charge in [0, 0.05) is 28.9 Å². The van der Waals surface area contributed by atoms with Gasteiger partial charge in [0.2, 0.25) is 5.91 Å². The summed E-state index contributed by atoms with van der Waals surface area (Å²) < 4.78 is 5.42. The van der Waals surface area contributed by atoms with E-state index in [2.05, 4.69) is 11.4 Å². The largest absolute Gasteiger partial charge is 0.444 e. The van der Waals surface area contributed by atoms with Crippen LogP contribution in [-0.4, -0.2) is 40.8 Å². The molecule has 2 aliphatic heterocycles. The molecule has 2 heterocycles. The van der Waals surface area contributed by atoms with E-state index in [1.165, 1.54) is 0 Å². The maximum atomic E-state index is 12.1. The first-order chi connectivity index (χ1) is 10.8. The molecule has 0 aromatic heterocycles. The maximum Gasteiger partial charge on any atom is 0.410 e. The molecule has 1 N–H and O–H groups in total. The van der Waals surface area contributed by atoms with Crippen LogP contribution in [0.15, 0.2) is 23.1 Å². The van der Waals surface area contributed by atoms with Gasteiger partial charge in [0.15, 0.2) is 0 Å². The van der Waals surface area contributed by atoms with Gasteiger partial charge in [-0.25, -0.2) is 4.79 Å². The highest BCUT2D eigenvalue weighted by atomic mass is 32.2. The van der Waals surface area contributed by atoms with Gasteiger partial charge in [0.05, 0.1) is 6.42 Å². The number of ether oxygens (including phenoxy) is 1. The Kier molecular flexibility index (Phi) is 4.27. The third-order valence-electron chi connectivity index (χ3n) is 3.80. The average Bonchev–Trinajstić information content (AvgIpc) is 3.02. The number of carbonyl (C=O) groups excluding carboxylic acids is 2. The molecule has 5 nitrogen and oxygen atoms in total. The van der Waals surface area contributed by atoms with E-state index in [9.17, 15) is 9.59 Å². The van der Waals surface area contributed by atoms with Crippen molar-refractivity contribution in [2.45, 2.75) is 49.4 Å². The minimum Gasteiger partial charge on any atom is -0.444 e. The number of fused-ring (bicyclic) bond motifs is 1. The molecule has 0 unspecified atom stereocenters. The molecule has 124 valence electrons. The molecule has 1 aromatic rings. The summed E-state index contributed by atoms with van der Waals surface area (Å²) in [6.07, 6.45) is 1.18. The molecule has 1 saturated heterocycles.